The molecule has 2 heterocycles. The molecule has 1 aliphatic rings. The lowest BCUT2D eigenvalue weighted by molar-refractivity contribution is -0.264. The number of hydrogen-bond donors (Lipinski definition) is 1. The third kappa shape index (κ3) is 7.37. The summed E-state index contributed by atoms with van der Waals surface area (Å²) in [7, 11) is 0. The summed E-state index contributed by atoms with van der Waals surface area (Å²) in [5.41, 5.74) is 0.672. The highest BCUT2D eigenvalue weighted by molar-refractivity contribution is 5.91. The van der Waals surface area contributed by atoms with Crippen molar-refractivity contribution in [3.05, 3.63) is 148 Å². The van der Waals surface area contributed by atoms with Gasteiger partial charge in [-0.3, -0.25) is 0 Å². The molecular weight excluding hydrogens is 609 g/mol. The average molecular weight is 638 g/mol. The zero-order valence-corrected chi connectivity index (χ0v) is 24.7. The molecule has 4 aromatic carbocycles. The van der Waals surface area contributed by atoms with Crippen molar-refractivity contribution in [1.82, 2.24) is 0 Å². The number of fused-ring (bicyclic) bond motifs is 1. The topological polar surface area (TPSA) is 130 Å². The van der Waals surface area contributed by atoms with Crippen LogP contribution in [0.2, 0.25) is 0 Å². The largest absolute Gasteiger partial charge is 0.451 e. The van der Waals surface area contributed by atoms with Crippen molar-refractivity contribution in [1.29, 1.82) is 0 Å². The third-order valence-electron chi connectivity index (χ3n) is 7.44. The second kappa shape index (κ2) is 14.1. The zero-order chi connectivity index (χ0) is 32.8. The summed E-state index contributed by atoms with van der Waals surface area (Å²) in [5.74, 6) is -2.59. The number of alkyl halides is 1. The number of carbonyl (C=O) groups excluding carboxylic acids is 3. The number of hydrogen-bond acceptors (Lipinski definition) is 10. The maximum absolute atomic E-state index is 16.5. The van der Waals surface area contributed by atoms with Gasteiger partial charge in [0.15, 0.2) is 12.3 Å². The molecule has 1 fully saturated rings. The molecule has 0 radical (unpaired) electrons. The molecule has 1 aromatic heterocycles. The van der Waals surface area contributed by atoms with E-state index in [-0.39, 0.29) is 23.2 Å². The minimum Gasteiger partial charge on any atom is -0.451 e. The molecular formula is C36H28FNO9. The fraction of sp³-hybridized carbons (Fsp3) is 0.167. The lowest BCUT2D eigenvalue weighted by Crippen LogP contribution is -2.61. The van der Waals surface area contributed by atoms with Crippen molar-refractivity contribution in [3.63, 3.8) is 0 Å². The second-order valence-electron chi connectivity index (χ2n) is 10.6. The van der Waals surface area contributed by atoms with E-state index in [0.29, 0.717) is 16.7 Å². The minimum atomic E-state index is -2.06. The van der Waals surface area contributed by atoms with Gasteiger partial charge in [0.2, 0.25) is 12.4 Å². The molecule has 3 unspecified atom stereocenters. The van der Waals surface area contributed by atoms with E-state index in [2.05, 4.69) is 5.32 Å². The van der Waals surface area contributed by atoms with Gasteiger partial charge in [-0.2, -0.15) is 0 Å². The van der Waals surface area contributed by atoms with E-state index in [0.717, 1.165) is 0 Å². The fourth-order valence-electron chi connectivity index (χ4n) is 5.05. The monoisotopic (exact) mass is 637 g/mol. The Morgan fingerprint density at radius 2 is 1.17 bits per heavy atom. The number of rotatable bonds is 9. The van der Waals surface area contributed by atoms with Crippen LogP contribution in [0.3, 0.4) is 0 Å². The molecule has 0 aliphatic carbocycles. The average Bonchev–Trinajstić information content (AvgIpc) is 3.11. The molecule has 1 saturated heterocycles. The van der Waals surface area contributed by atoms with E-state index < -0.39 is 54.3 Å². The number of esters is 3. The predicted molar refractivity (Wildman–Crippen MR) is 168 cm³/mol. The number of ether oxygens (including phenoxy) is 4. The number of carbonyl (C=O) groups is 3. The normalized spacial score (nSPS) is 20.6. The van der Waals surface area contributed by atoms with Crippen LogP contribution in [0.4, 0.5) is 10.1 Å². The highest BCUT2D eigenvalue weighted by Crippen LogP contribution is 2.31. The van der Waals surface area contributed by atoms with E-state index in [1.807, 2.05) is 0 Å². The number of anilines is 1. The molecule has 5 aromatic rings. The van der Waals surface area contributed by atoms with Crippen molar-refractivity contribution in [2.45, 2.75) is 30.8 Å². The zero-order valence-electron chi connectivity index (χ0n) is 24.7. The Morgan fingerprint density at radius 3 is 1.74 bits per heavy atom. The molecule has 0 spiro atoms. The van der Waals surface area contributed by atoms with E-state index in [9.17, 15) is 19.2 Å². The van der Waals surface area contributed by atoms with Crippen LogP contribution in [0.25, 0.3) is 11.0 Å². The standard InChI is InChI=1S/C36H28FNO9/c37-30-28(21-38-26-18-16-22-17-19-29(39)43-27(22)20-26)44-36(47-35(42)25-14-8-3-9-15-25)32(46-34(41)24-12-6-2-7-13-24)31(30)45-33(40)23-10-4-1-5-11-23/h1-20,28,30-32,36,38H,21H2/t28?,30-,31?,32+,36?/m1/s1. The van der Waals surface area contributed by atoms with Crippen LogP contribution < -0.4 is 10.9 Å². The molecule has 5 atom stereocenters. The van der Waals surface area contributed by atoms with Crippen molar-refractivity contribution in [2.75, 3.05) is 11.9 Å². The highest BCUT2D eigenvalue weighted by atomic mass is 19.1. The van der Waals surface area contributed by atoms with Crippen LogP contribution in [-0.4, -0.2) is 55.2 Å². The summed E-state index contributed by atoms with van der Waals surface area (Å²) in [6.45, 7) is -0.206. The number of benzene rings is 4. The first-order valence-electron chi connectivity index (χ1n) is 14.7. The Morgan fingerprint density at radius 1 is 0.660 bits per heavy atom. The van der Waals surface area contributed by atoms with Crippen molar-refractivity contribution >= 4 is 34.6 Å². The molecule has 10 nitrogen and oxygen atoms in total. The molecule has 47 heavy (non-hydrogen) atoms. The van der Waals surface area contributed by atoms with Gasteiger partial charge in [0, 0.05) is 29.8 Å². The Hall–Kier alpha value is -5.81. The van der Waals surface area contributed by atoms with E-state index in [1.165, 1.54) is 42.5 Å². The van der Waals surface area contributed by atoms with Crippen LogP contribution in [0.1, 0.15) is 31.1 Å². The molecule has 238 valence electrons. The maximum Gasteiger partial charge on any atom is 0.340 e. The van der Waals surface area contributed by atoms with E-state index in [4.69, 9.17) is 23.4 Å². The lowest BCUT2D eigenvalue weighted by Gasteiger charge is -2.42. The van der Waals surface area contributed by atoms with Crippen molar-refractivity contribution in [3.8, 4) is 0 Å². The first-order chi connectivity index (χ1) is 22.9. The third-order valence-corrected chi connectivity index (χ3v) is 7.44. The van der Waals surface area contributed by atoms with Crippen molar-refractivity contribution in [2.24, 2.45) is 0 Å². The van der Waals surface area contributed by atoms with Gasteiger partial charge in [0.25, 0.3) is 0 Å². The minimum absolute atomic E-state index is 0.129. The van der Waals surface area contributed by atoms with Crippen LogP contribution in [-0.2, 0) is 18.9 Å². The lowest BCUT2D eigenvalue weighted by atomic mass is 9.98. The summed E-state index contributed by atoms with van der Waals surface area (Å²) >= 11 is 0. The van der Waals surface area contributed by atoms with Gasteiger partial charge in [-0.15, -0.1) is 0 Å². The number of nitrogens with one attached hydrogen (secondary N) is 1. The molecule has 0 amide bonds. The SMILES string of the molecule is O=C(OC1OC(CNc2ccc3ccc(=O)oc3c2)[C@@H](F)C(OC(=O)c2ccccc2)[C@@H]1OC(=O)c1ccccc1)c1ccccc1. The molecule has 1 N–H and O–H groups in total. The highest BCUT2D eigenvalue weighted by Gasteiger charge is 2.52. The molecule has 1 aliphatic heterocycles. The Balaban J connectivity index is 1.32. The predicted octanol–water partition coefficient (Wildman–Crippen LogP) is 5.58. The van der Waals surface area contributed by atoms with Crippen LogP contribution in [0, 0.1) is 0 Å². The van der Waals surface area contributed by atoms with Crippen LogP contribution in [0.15, 0.2) is 131 Å². The first kappa shape index (κ1) is 31.2. The quantitative estimate of drug-likeness (QED) is 0.124. The van der Waals surface area contributed by atoms with Gasteiger partial charge in [-0.1, -0.05) is 54.6 Å². The molecule has 11 heteroatoms. The first-order valence-corrected chi connectivity index (χ1v) is 14.7. The summed E-state index contributed by atoms with van der Waals surface area (Å²) in [4.78, 5) is 51.3. The summed E-state index contributed by atoms with van der Waals surface area (Å²) < 4.78 is 44.7. The van der Waals surface area contributed by atoms with Gasteiger partial charge in [0.05, 0.1) is 16.7 Å². The smallest absolute Gasteiger partial charge is 0.340 e. The van der Waals surface area contributed by atoms with Crippen LogP contribution >= 0.6 is 0 Å². The second-order valence-corrected chi connectivity index (χ2v) is 10.6. The summed E-state index contributed by atoms with van der Waals surface area (Å²) in [6, 6.07) is 31.7. The van der Waals surface area contributed by atoms with Gasteiger partial charge < -0.3 is 28.7 Å². The van der Waals surface area contributed by atoms with Gasteiger partial charge in [-0.25, -0.2) is 23.6 Å². The van der Waals surface area contributed by atoms with Gasteiger partial charge >= 0.3 is 23.5 Å². The summed E-state index contributed by atoms with van der Waals surface area (Å²) in [5, 5.41) is 3.71. The van der Waals surface area contributed by atoms with E-state index in [1.54, 1.807) is 78.9 Å². The van der Waals surface area contributed by atoms with Crippen LogP contribution in [0.5, 0.6) is 0 Å². The van der Waals surface area contributed by atoms with E-state index >= 15 is 4.39 Å². The fourth-order valence-corrected chi connectivity index (χ4v) is 5.05. The number of halogens is 1. The Labute approximate surface area is 267 Å². The van der Waals surface area contributed by atoms with Gasteiger partial charge in [0.1, 0.15) is 11.7 Å². The van der Waals surface area contributed by atoms with Crippen molar-refractivity contribution < 1.29 is 42.1 Å². The summed E-state index contributed by atoms with van der Waals surface area (Å²) in [6.07, 6.45) is -8.56. The maximum atomic E-state index is 16.5. The van der Waals surface area contributed by atoms with Gasteiger partial charge in [-0.05, 0) is 54.6 Å². The Kier molecular flexibility index (Phi) is 9.35. The molecule has 6 rings (SSSR count). The molecule has 0 bridgehead atoms. The Bertz CT molecular complexity index is 1920. The molecule has 0 saturated carbocycles.